The highest BCUT2D eigenvalue weighted by Crippen LogP contribution is 2.36. The second-order valence-corrected chi connectivity index (χ2v) is 7.02. The first-order valence-corrected chi connectivity index (χ1v) is 8.75. The summed E-state index contributed by atoms with van der Waals surface area (Å²) in [5.41, 5.74) is 2.11. The Morgan fingerprint density at radius 2 is 1.67 bits per heavy atom. The number of carbonyl (C=O) groups excluding carboxylic acids is 3. The van der Waals surface area contributed by atoms with E-state index >= 15 is 0 Å². The largest absolute Gasteiger partial charge is 0.347 e. The molecule has 2 aromatic rings. The minimum atomic E-state index is -1.34. The Morgan fingerprint density at radius 3 is 2.26 bits per heavy atom. The summed E-state index contributed by atoms with van der Waals surface area (Å²) in [6, 6.07) is 14.3. The molecule has 2 aromatic carbocycles. The Labute approximate surface area is 158 Å². The number of carbonyl (C=O) groups is 3. The molecule has 1 saturated heterocycles. The summed E-state index contributed by atoms with van der Waals surface area (Å²) in [6.07, 6.45) is 0. The maximum atomic E-state index is 13.5. The van der Waals surface area contributed by atoms with Crippen LogP contribution < -0.4 is 5.32 Å². The van der Waals surface area contributed by atoms with Crippen molar-refractivity contribution in [1.29, 1.82) is 0 Å². The van der Waals surface area contributed by atoms with Gasteiger partial charge in [-0.25, -0.2) is 4.79 Å². The quantitative estimate of drug-likeness (QED) is 0.845. The number of likely N-dealkylation sites (N-methyl/N-ethyl adjacent to an activating group) is 1. The number of hydrogen-bond acceptors (Lipinski definition) is 3. The number of amides is 4. The Morgan fingerprint density at radius 1 is 1.00 bits per heavy atom. The van der Waals surface area contributed by atoms with Crippen molar-refractivity contribution in [2.75, 3.05) is 20.6 Å². The van der Waals surface area contributed by atoms with E-state index in [1.165, 1.54) is 4.90 Å². The molecule has 140 valence electrons. The van der Waals surface area contributed by atoms with Gasteiger partial charge in [0.25, 0.3) is 5.91 Å². The van der Waals surface area contributed by atoms with Crippen LogP contribution >= 0.6 is 0 Å². The molecule has 0 aromatic heterocycles. The lowest BCUT2D eigenvalue weighted by Gasteiger charge is -2.28. The molecule has 6 nitrogen and oxygen atoms in total. The van der Waals surface area contributed by atoms with E-state index in [0.29, 0.717) is 11.1 Å². The number of rotatable bonds is 4. The highest BCUT2D eigenvalue weighted by molar-refractivity contribution is 6.11. The van der Waals surface area contributed by atoms with Crippen LogP contribution in [-0.2, 0) is 15.1 Å². The summed E-state index contributed by atoms with van der Waals surface area (Å²) >= 11 is 0. The topological polar surface area (TPSA) is 69.7 Å². The SMILES string of the molecule is Cc1ccc([C@@]2(c3ccccc3)NC(=O)N(CC(=O)N(C)C)C2=O)cc1C. The lowest BCUT2D eigenvalue weighted by atomic mass is 9.81. The van der Waals surface area contributed by atoms with Crippen LogP contribution in [0.3, 0.4) is 0 Å². The standard InChI is InChI=1S/C21H23N3O3/c1-14-10-11-17(12-15(14)2)21(16-8-6-5-7-9-16)19(26)24(20(27)22-21)13-18(25)23(3)4/h5-12H,13H2,1-4H3,(H,22,27)/t21-/m1/s1. The number of imide groups is 1. The molecule has 3 rings (SSSR count). The van der Waals surface area contributed by atoms with Crippen molar-refractivity contribution in [1.82, 2.24) is 15.1 Å². The van der Waals surface area contributed by atoms with Gasteiger partial charge in [0, 0.05) is 14.1 Å². The molecular formula is C21H23N3O3. The molecule has 0 saturated carbocycles. The lowest BCUT2D eigenvalue weighted by molar-refractivity contribution is -0.137. The molecule has 0 spiro atoms. The molecule has 27 heavy (non-hydrogen) atoms. The van der Waals surface area contributed by atoms with Gasteiger partial charge in [0.1, 0.15) is 6.54 Å². The normalized spacial score (nSPS) is 19.2. The van der Waals surface area contributed by atoms with E-state index in [1.54, 1.807) is 14.1 Å². The van der Waals surface area contributed by atoms with Gasteiger partial charge in [0.15, 0.2) is 5.54 Å². The third-order valence-electron chi connectivity index (χ3n) is 5.04. The predicted molar refractivity (Wildman–Crippen MR) is 102 cm³/mol. The molecule has 1 N–H and O–H groups in total. The number of hydrogen-bond donors (Lipinski definition) is 1. The Kier molecular flexibility index (Phi) is 4.74. The Bertz CT molecular complexity index is 908. The molecule has 1 aliphatic heterocycles. The van der Waals surface area contributed by atoms with E-state index < -0.39 is 17.5 Å². The number of nitrogens with one attached hydrogen (secondary N) is 1. The monoisotopic (exact) mass is 365 g/mol. The van der Waals surface area contributed by atoms with Crippen molar-refractivity contribution < 1.29 is 14.4 Å². The molecule has 0 bridgehead atoms. The first-order chi connectivity index (χ1) is 12.8. The van der Waals surface area contributed by atoms with E-state index in [-0.39, 0.29) is 12.5 Å². The van der Waals surface area contributed by atoms with Crippen LogP contribution in [0.15, 0.2) is 48.5 Å². The molecule has 6 heteroatoms. The van der Waals surface area contributed by atoms with Gasteiger partial charge in [-0.05, 0) is 36.1 Å². The molecule has 1 fully saturated rings. The highest BCUT2D eigenvalue weighted by atomic mass is 16.2. The van der Waals surface area contributed by atoms with Gasteiger partial charge in [-0.3, -0.25) is 14.5 Å². The van der Waals surface area contributed by atoms with Gasteiger partial charge in [-0.15, -0.1) is 0 Å². The van der Waals surface area contributed by atoms with E-state index in [4.69, 9.17) is 0 Å². The third kappa shape index (κ3) is 3.07. The zero-order valence-corrected chi connectivity index (χ0v) is 15.9. The van der Waals surface area contributed by atoms with Crippen molar-refractivity contribution in [3.05, 3.63) is 70.8 Å². The number of aryl methyl sites for hydroxylation is 2. The number of urea groups is 1. The molecule has 0 radical (unpaired) electrons. The summed E-state index contributed by atoms with van der Waals surface area (Å²) in [5.74, 6) is -0.764. The van der Waals surface area contributed by atoms with Gasteiger partial charge in [0.2, 0.25) is 5.91 Å². The van der Waals surface area contributed by atoms with Gasteiger partial charge in [-0.1, -0.05) is 48.5 Å². The smallest absolute Gasteiger partial charge is 0.326 e. The van der Waals surface area contributed by atoms with Crippen LogP contribution in [-0.4, -0.2) is 48.3 Å². The minimum absolute atomic E-state index is 0.295. The first kappa shape index (κ1) is 18.6. The zero-order valence-electron chi connectivity index (χ0n) is 15.9. The maximum Gasteiger partial charge on any atom is 0.326 e. The van der Waals surface area contributed by atoms with Gasteiger partial charge >= 0.3 is 6.03 Å². The number of benzene rings is 2. The second-order valence-electron chi connectivity index (χ2n) is 7.02. The maximum absolute atomic E-state index is 13.5. The molecule has 4 amide bonds. The van der Waals surface area contributed by atoms with Crippen LogP contribution in [0.5, 0.6) is 0 Å². The van der Waals surface area contributed by atoms with E-state index in [1.807, 2.05) is 62.4 Å². The molecule has 1 heterocycles. The van der Waals surface area contributed by atoms with Crippen molar-refractivity contribution in [2.45, 2.75) is 19.4 Å². The van der Waals surface area contributed by atoms with Gasteiger partial charge < -0.3 is 10.2 Å². The second kappa shape index (κ2) is 6.87. The van der Waals surface area contributed by atoms with E-state index in [0.717, 1.165) is 16.0 Å². The molecule has 0 unspecified atom stereocenters. The fraction of sp³-hybridized carbons (Fsp3) is 0.286. The van der Waals surface area contributed by atoms with E-state index in [2.05, 4.69) is 5.32 Å². The summed E-state index contributed by atoms with van der Waals surface area (Å²) in [7, 11) is 3.18. The van der Waals surface area contributed by atoms with Crippen LogP contribution in [0.4, 0.5) is 4.79 Å². The lowest BCUT2D eigenvalue weighted by Crippen LogP contribution is -2.46. The summed E-state index contributed by atoms with van der Waals surface area (Å²) in [5, 5.41) is 2.86. The molecular weight excluding hydrogens is 342 g/mol. The summed E-state index contributed by atoms with van der Waals surface area (Å²) < 4.78 is 0. The average Bonchev–Trinajstić information content (AvgIpc) is 2.90. The average molecular weight is 365 g/mol. The Hall–Kier alpha value is -3.15. The fourth-order valence-electron chi connectivity index (χ4n) is 3.22. The fourth-order valence-corrected chi connectivity index (χ4v) is 3.22. The van der Waals surface area contributed by atoms with Crippen molar-refractivity contribution in [2.24, 2.45) is 0 Å². The zero-order chi connectivity index (χ0) is 19.8. The third-order valence-corrected chi connectivity index (χ3v) is 5.04. The summed E-state index contributed by atoms with van der Waals surface area (Å²) in [4.78, 5) is 40.6. The van der Waals surface area contributed by atoms with Gasteiger partial charge in [0.05, 0.1) is 0 Å². The minimum Gasteiger partial charge on any atom is -0.347 e. The van der Waals surface area contributed by atoms with Crippen molar-refractivity contribution >= 4 is 17.8 Å². The number of nitrogens with zero attached hydrogens (tertiary/aromatic N) is 2. The Balaban J connectivity index is 2.14. The highest BCUT2D eigenvalue weighted by Gasteiger charge is 2.54. The van der Waals surface area contributed by atoms with Crippen LogP contribution in [0, 0.1) is 13.8 Å². The molecule has 1 aliphatic rings. The predicted octanol–water partition coefficient (Wildman–Crippen LogP) is 2.19. The molecule has 1 atom stereocenters. The van der Waals surface area contributed by atoms with Crippen LogP contribution in [0.1, 0.15) is 22.3 Å². The summed E-state index contributed by atoms with van der Waals surface area (Å²) in [6.45, 7) is 3.66. The first-order valence-electron chi connectivity index (χ1n) is 8.75. The van der Waals surface area contributed by atoms with E-state index in [9.17, 15) is 14.4 Å². The van der Waals surface area contributed by atoms with Crippen molar-refractivity contribution in [3.63, 3.8) is 0 Å². The van der Waals surface area contributed by atoms with Crippen molar-refractivity contribution in [3.8, 4) is 0 Å². The van der Waals surface area contributed by atoms with Gasteiger partial charge in [-0.2, -0.15) is 0 Å². The molecule has 0 aliphatic carbocycles. The van der Waals surface area contributed by atoms with Crippen LogP contribution in [0.25, 0.3) is 0 Å². The van der Waals surface area contributed by atoms with Crippen LogP contribution in [0.2, 0.25) is 0 Å².